The average Bonchev–Trinajstić information content (AvgIpc) is 2.81. The van der Waals surface area contributed by atoms with Gasteiger partial charge in [0.05, 0.1) is 11.7 Å². The summed E-state index contributed by atoms with van der Waals surface area (Å²) in [6.07, 6.45) is 2.23. The number of benzene rings is 1. The van der Waals surface area contributed by atoms with E-state index in [1.54, 1.807) is 6.20 Å². The molecule has 102 valence electrons. The second-order valence-electron chi connectivity index (χ2n) is 4.79. The molecule has 3 rings (SSSR count). The smallest absolute Gasteiger partial charge is 0.221 e. The summed E-state index contributed by atoms with van der Waals surface area (Å²) in [5.74, 6) is 0.118. The van der Waals surface area contributed by atoms with Gasteiger partial charge in [0.1, 0.15) is 0 Å². The van der Waals surface area contributed by atoms with Gasteiger partial charge in [0.15, 0.2) is 0 Å². The quantitative estimate of drug-likeness (QED) is 0.836. The van der Waals surface area contributed by atoms with Crippen LogP contribution in [-0.4, -0.2) is 10.9 Å². The minimum absolute atomic E-state index is 0.0197. The number of halogens is 2. The van der Waals surface area contributed by atoms with E-state index in [9.17, 15) is 4.79 Å². The number of carbonyl (C=O) groups excluding carboxylic acids is 1. The van der Waals surface area contributed by atoms with Crippen LogP contribution in [0.3, 0.4) is 0 Å². The van der Waals surface area contributed by atoms with E-state index in [-0.39, 0.29) is 17.9 Å². The largest absolute Gasteiger partial charge is 0.349 e. The first-order valence-corrected chi connectivity index (χ1v) is 7.89. The Hall–Kier alpha value is -1.20. The molecule has 1 saturated heterocycles. The second kappa shape index (κ2) is 5.66. The number of hydrogen-bond acceptors (Lipinski definition) is 2. The normalized spacial score (nSPS) is 21.8. The van der Waals surface area contributed by atoms with Gasteiger partial charge in [-0.15, -0.1) is 0 Å². The number of nitrogens with one attached hydrogen (secondary N) is 1. The first-order valence-electron chi connectivity index (χ1n) is 6.30. The molecule has 20 heavy (non-hydrogen) atoms. The minimum Gasteiger partial charge on any atom is -0.349 e. The van der Waals surface area contributed by atoms with Crippen molar-refractivity contribution in [2.45, 2.75) is 18.4 Å². The second-order valence-corrected chi connectivity index (χ2v) is 6.56. The van der Waals surface area contributed by atoms with Gasteiger partial charge in [-0.3, -0.25) is 9.78 Å². The Kier molecular flexibility index (Phi) is 3.89. The van der Waals surface area contributed by atoms with Crippen molar-refractivity contribution in [2.24, 2.45) is 0 Å². The third-order valence-corrected chi connectivity index (χ3v) is 4.54. The van der Waals surface area contributed by atoms with E-state index >= 15 is 0 Å². The van der Waals surface area contributed by atoms with Crippen LogP contribution in [0.15, 0.2) is 51.5 Å². The van der Waals surface area contributed by atoms with Crippen molar-refractivity contribution in [2.75, 3.05) is 0 Å². The number of aromatic nitrogens is 1. The molecule has 2 aromatic rings. The van der Waals surface area contributed by atoms with Crippen molar-refractivity contribution < 1.29 is 4.79 Å². The van der Waals surface area contributed by atoms with Crippen LogP contribution >= 0.6 is 31.9 Å². The van der Waals surface area contributed by atoms with Gasteiger partial charge >= 0.3 is 0 Å². The summed E-state index contributed by atoms with van der Waals surface area (Å²) < 4.78 is 1.84. The zero-order chi connectivity index (χ0) is 14.1. The van der Waals surface area contributed by atoms with Crippen molar-refractivity contribution in [1.82, 2.24) is 10.3 Å². The summed E-state index contributed by atoms with van der Waals surface area (Å²) >= 11 is 6.95. The average molecular weight is 396 g/mol. The standard InChI is InChI=1S/C15H12Br2N2O/c16-10-6-12(17)15(18-8-10)11-7-13(20)19-14(11)9-4-2-1-3-5-9/h1-6,8,11,14H,7H2,(H,19,20). The van der Waals surface area contributed by atoms with Gasteiger partial charge in [-0.1, -0.05) is 30.3 Å². The molecule has 2 heterocycles. The van der Waals surface area contributed by atoms with Crippen molar-refractivity contribution in [3.8, 4) is 0 Å². The highest BCUT2D eigenvalue weighted by Gasteiger charge is 2.36. The highest BCUT2D eigenvalue weighted by Crippen LogP contribution is 2.40. The van der Waals surface area contributed by atoms with Gasteiger partial charge in [0.25, 0.3) is 0 Å². The van der Waals surface area contributed by atoms with Gasteiger partial charge in [-0.25, -0.2) is 0 Å². The topological polar surface area (TPSA) is 42.0 Å². The fourth-order valence-electron chi connectivity index (χ4n) is 2.58. The molecule has 1 amide bonds. The van der Waals surface area contributed by atoms with Crippen molar-refractivity contribution in [1.29, 1.82) is 0 Å². The van der Waals surface area contributed by atoms with Gasteiger partial charge in [0.2, 0.25) is 5.91 Å². The fourth-order valence-corrected chi connectivity index (χ4v) is 3.86. The monoisotopic (exact) mass is 394 g/mol. The Bertz CT molecular complexity index is 646. The first-order chi connectivity index (χ1) is 9.65. The molecule has 1 N–H and O–H groups in total. The van der Waals surface area contributed by atoms with Crippen LogP contribution in [0, 0.1) is 0 Å². The predicted octanol–water partition coefficient (Wildman–Crippen LogP) is 3.95. The van der Waals surface area contributed by atoms with Crippen molar-refractivity contribution >= 4 is 37.8 Å². The van der Waals surface area contributed by atoms with Crippen LogP contribution in [0.2, 0.25) is 0 Å². The van der Waals surface area contributed by atoms with Gasteiger partial charge in [-0.05, 0) is 43.5 Å². The Morgan fingerprint density at radius 3 is 2.65 bits per heavy atom. The fraction of sp³-hybridized carbons (Fsp3) is 0.200. The molecule has 0 aliphatic carbocycles. The van der Waals surface area contributed by atoms with E-state index in [4.69, 9.17) is 0 Å². The molecule has 0 saturated carbocycles. The molecule has 0 spiro atoms. The van der Waals surface area contributed by atoms with E-state index in [0.717, 1.165) is 20.2 Å². The molecule has 1 aliphatic rings. The molecule has 1 aromatic heterocycles. The number of amides is 1. The third kappa shape index (κ3) is 2.65. The number of hydrogen-bond donors (Lipinski definition) is 1. The summed E-state index contributed by atoms with van der Waals surface area (Å²) in [5.41, 5.74) is 2.03. The van der Waals surface area contributed by atoms with Crippen LogP contribution in [0.5, 0.6) is 0 Å². The maximum Gasteiger partial charge on any atom is 0.221 e. The zero-order valence-electron chi connectivity index (χ0n) is 10.5. The Morgan fingerprint density at radius 2 is 1.95 bits per heavy atom. The maximum absolute atomic E-state index is 11.8. The predicted molar refractivity (Wildman–Crippen MR) is 84.3 cm³/mol. The lowest BCUT2D eigenvalue weighted by atomic mass is 9.91. The first kappa shape index (κ1) is 13.8. The van der Waals surface area contributed by atoms with Crippen molar-refractivity contribution in [3.05, 3.63) is 62.8 Å². The molecule has 2 unspecified atom stereocenters. The van der Waals surface area contributed by atoms with Gasteiger partial charge in [0, 0.05) is 27.5 Å². The molecular weight excluding hydrogens is 384 g/mol. The molecule has 0 radical (unpaired) electrons. The highest BCUT2D eigenvalue weighted by atomic mass is 79.9. The maximum atomic E-state index is 11.8. The number of pyridine rings is 1. The molecule has 1 fully saturated rings. The van der Waals surface area contributed by atoms with E-state index in [2.05, 4.69) is 42.2 Å². The summed E-state index contributed by atoms with van der Waals surface area (Å²) in [5, 5.41) is 3.05. The van der Waals surface area contributed by atoms with Crippen LogP contribution < -0.4 is 5.32 Å². The lowest BCUT2D eigenvalue weighted by molar-refractivity contribution is -0.119. The molecule has 1 aromatic carbocycles. The third-order valence-electron chi connectivity index (χ3n) is 3.47. The van der Waals surface area contributed by atoms with E-state index < -0.39 is 0 Å². The van der Waals surface area contributed by atoms with Gasteiger partial charge < -0.3 is 5.32 Å². The lowest BCUT2D eigenvalue weighted by Crippen LogP contribution is -2.20. The number of nitrogens with zero attached hydrogens (tertiary/aromatic N) is 1. The van der Waals surface area contributed by atoms with Crippen molar-refractivity contribution in [3.63, 3.8) is 0 Å². The summed E-state index contributed by atoms with van der Waals surface area (Å²) in [7, 11) is 0. The Labute approximate surface area is 134 Å². The van der Waals surface area contributed by atoms with Crippen LogP contribution in [0.25, 0.3) is 0 Å². The molecule has 5 heteroatoms. The van der Waals surface area contributed by atoms with Crippen LogP contribution in [0.4, 0.5) is 0 Å². The zero-order valence-corrected chi connectivity index (χ0v) is 13.7. The minimum atomic E-state index is -0.0197. The van der Waals surface area contributed by atoms with E-state index in [0.29, 0.717) is 6.42 Å². The Morgan fingerprint density at radius 1 is 1.20 bits per heavy atom. The van der Waals surface area contributed by atoms with Crippen LogP contribution in [-0.2, 0) is 4.79 Å². The van der Waals surface area contributed by atoms with Gasteiger partial charge in [-0.2, -0.15) is 0 Å². The highest BCUT2D eigenvalue weighted by molar-refractivity contribution is 9.11. The number of rotatable bonds is 2. The summed E-state index contributed by atoms with van der Waals surface area (Å²) in [4.78, 5) is 16.3. The van der Waals surface area contributed by atoms with E-state index in [1.165, 1.54) is 0 Å². The van der Waals surface area contributed by atoms with E-state index in [1.807, 2.05) is 36.4 Å². The lowest BCUT2D eigenvalue weighted by Gasteiger charge is -2.20. The Balaban J connectivity index is 2.00. The molecule has 0 bridgehead atoms. The number of carbonyl (C=O) groups is 1. The SMILES string of the molecule is O=C1CC(c2ncc(Br)cc2Br)C(c2ccccc2)N1. The molecule has 1 aliphatic heterocycles. The molecule has 3 nitrogen and oxygen atoms in total. The molecule has 2 atom stereocenters. The molecular formula is C15H12Br2N2O. The summed E-state index contributed by atoms with van der Waals surface area (Å²) in [6.45, 7) is 0. The van der Waals surface area contributed by atoms with Crippen LogP contribution in [0.1, 0.15) is 29.6 Å². The summed E-state index contributed by atoms with van der Waals surface area (Å²) in [6, 6.07) is 12.0.